The van der Waals surface area contributed by atoms with Gasteiger partial charge in [-0.2, -0.15) is 18.3 Å². The number of alkyl halides is 3. The molecule has 35 heavy (non-hydrogen) atoms. The number of piperazine rings is 1. The summed E-state index contributed by atoms with van der Waals surface area (Å²) in [6.07, 6.45) is -5.32. The molecule has 0 unspecified atom stereocenters. The Bertz CT molecular complexity index is 1130. The average molecular weight is 495 g/mol. The third-order valence-electron chi connectivity index (χ3n) is 6.30. The second-order valence-electron chi connectivity index (χ2n) is 8.44. The molecule has 1 saturated heterocycles. The Morgan fingerprint density at radius 2 is 1.83 bits per heavy atom. The molecule has 2 amide bonds. The van der Waals surface area contributed by atoms with Crippen LogP contribution in [0.3, 0.4) is 0 Å². The third-order valence-corrected chi connectivity index (χ3v) is 6.30. The van der Waals surface area contributed by atoms with Gasteiger partial charge in [-0.25, -0.2) is 9.48 Å². The van der Waals surface area contributed by atoms with E-state index in [0.717, 1.165) is 4.68 Å². The van der Waals surface area contributed by atoms with Crippen LogP contribution in [0.15, 0.2) is 24.3 Å². The first-order valence-corrected chi connectivity index (χ1v) is 11.3. The van der Waals surface area contributed by atoms with Crippen molar-refractivity contribution in [3.63, 3.8) is 0 Å². The molecular formula is C22H24F3N5O5. The standard InChI is InChI=1S/C22H24F3N5O5/c1-2-33-21(32)29-7-5-28(6-8-29)20(31)15-11-19-26-14(10-18(22(23,24)25)30(19)27-15)13-3-4-16-17(9-13)35-12-34-16/h3-4,9,11,14,18,26H,2,5-8,10,12H2,1H3/t14-,18-/m0/s1. The highest BCUT2D eigenvalue weighted by Gasteiger charge is 2.47. The Labute approximate surface area is 198 Å². The smallest absolute Gasteiger partial charge is 0.410 e. The highest BCUT2D eigenvalue weighted by Crippen LogP contribution is 2.45. The second-order valence-corrected chi connectivity index (χ2v) is 8.44. The molecule has 188 valence electrons. The number of nitrogens with one attached hydrogen (secondary N) is 1. The van der Waals surface area contributed by atoms with Gasteiger partial charge in [-0.05, 0) is 24.6 Å². The number of carbonyl (C=O) groups excluding carboxylic acids is 2. The van der Waals surface area contributed by atoms with Crippen molar-refractivity contribution in [2.75, 3.05) is 44.9 Å². The first-order chi connectivity index (χ1) is 16.7. The zero-order chi connectivity index (χ0) is 24.7. The molecule has 2 aromatic rings. The van der Waals surface area contributed by atoms with E-state index in [1.807, 2.05) is 0 Å². The number of carbonyl (C=O) groups is 2. The highest BCUT2D eigenvalue weighted by atomic mass is 19.4. The van der Waals surface area contributed by atoms with E-state index < -0.39 is 30.3 Å². The van der Waals surface area contributed by atoms with Crippen molar-refractivity contribution in [3.8, 4) is 11.5 Å². The maximum Gasteiger partial charge on any atom is 0.410 e. The van der Waals surface area contributed by atoms with Crippen LogP contribution in [0.5, 0.6) is 11.5 Å². The van der Waals surface area contributed by atoms with Crippen molar-refractivity contribution in [1.82, 2.24) is 19.6 Å². The molecule has 1 aromatic carbocycles. The summed E-state index contributed by atoms with van der Waals surface area (Å²) in [6.45, 7) is 3.03. The van der Waals surface area contributed by atoms with Gasteiger partial charge in [-0.15, -0.1) is 0 Å². The summed E-state index contributed by atoms with van der Waals surface area (Å²) in [5, 5.41) is 7.12. The predicted molar refractivity (Wildman–Crippen MR) is 115 cm³/mol. The molecule has 0 saturated carbocycles. The van der Waals surface area contributed by atoms with Crippen LogP contribution in [-0.4, -0.2) is 77.3 Å². The third kappa shape index (κ3) is 4.42. The summed E-state index contributed by atoms with van der Waals surface area (Å²) in [7, 11) is 0. The first kappa shape index (κ1) is 23.1. The summed E-state index contributed by atoms with van der Waals surface area (Å²) in [4.78, 5) is 27.9. The van der Waals surface area contributed by atoms with Crippen molar-refractivity contribution in [2.45, 2.75) is 31.6 Å². The minimum Gasteiger partial charge on any atom is -0.454 e. The van der Waals surface area contributed by atoms with Crippen LogP contribution in [0.2, 0.25) is 0 Å². The number of fused-ring (bicyclic) bond motifs is 2. The first-order valence-electron chi connectivity index (χ1n) is 11.3. The van der Waals surface area contributed by atoms with Gasteiger partial charge in [-0.3, -0.25) is 4.79 Å². The fourth-order valence-electron chi connectivity index (χ4n) is 4.50. The maximum absolute atomic E-state index is 14.0. The monoisotopic (exact) mass is 495 g/mol. The second kappa shape index (κ2) is 8.86. The Morgan fingerprint density at radius 1 is 1.11 bits per heavy atom. The van der Waals surface area contributed by atoms with Gasteiger partial charge in [0.15, 0.2) is 23.2 Å². The van der Waals surface area contributed by atoms with Gasteiger partial charge in [0.1, 0.15) is 5.82 Å². The lowest BCUT2D eigenvalue weighted by atomic mass is 9.96. The lowest BCUT2D eigenvalue weighted by Gasteiger charge is -2.33. The average Bonchev–Trinajstić information content (AvgIpc) is 3.49. The van der Waals surface area contributed by atoms with Crippen molar-refractivity contribution in [1.29, 1.82) is 0 Å². The molecule has 2 atom stereocenters. The molecule has 5 rings (SSSR count). The molecule has 0 aliphatic carbocycles. The molecule has 1 N–H and O–H groups in total. The number of aromatic nitrogens is 2. The Balaban J connectivity index is 1.35. The van der Waals surface area contributed by atoms with Crippen LogP contribution in [0.4, 0.5) is 23.8 Å². The maximum atomic E-state index is 14.0. The fourth-order valence-corrected chi connectivity index (χ4v) is 4.50. The molecular weight excluding hydrogens is 471 g/mol. The number of nitrogens with zero attached hydrogens (tertiary/aromatic N) is 4. The van der Waals surface area contributed by atoms with E-state index in [9.17, 15) is 22.8 Å². The molecule has 1 aromatic heterocycles. The SMILES string of the molecule is CCOC(=O)N1CCN(C(=O)c2cc3n(n2)[C@H](C(F)(F)F)C[C@@H](c2ccc4c(c2)OCO4)N3)CC1. The van der Waals surface area contributed by atoms with Gasteiger partial charge in [0.2, 0.25) is 6.79 Å². The number of rotatable bonds is 3. The van der Waals surface area contributed by atoms with E-state index in [1.54, 1.807) is 25.1 Å². The highest BCUT2D eigenvalue weighted by molar-refractivity contribution is 5.93. The minimum absolute atomic E-state index is 0.0638. The number of anilines is 1. The van der Waals surface area contributed by atoms with E-state index in [1.165, 1.54) is 15.9 Å². The molecule has 3 aliphatic heterocycles. The Hall–Kier alpha value is -3.64. The van der Waals surface area contributed by atoms with Crippen molar-refractivity contribution < 1.29 is 37.0 Å². The molecule has 0 spiro atoms. The van der Waals surface area contributed by atoms with Gasteiger partial charge >= 0.3 is 12.3 Å². The topological polar surface area (TPSA) is 98.2 Å². The van der Waals surface area contributed by atoms with Crippen LogP contribution in [-0.2, 0) is 4.74 Å². The van der Waals surface area contributed by atoms with Gasteiger partial charge < -0.3 is 29.3 Å². The van der Waals surface area contributed by atoms with Crippen LogP contribution in [0.1, 0.15) is 41.5 Å². The Morgan fingerprint density at radius 3 is 2.54 bits per heavy atom. The molecule has 1 fully saturated rings. The molecule has 3 aliphatic rings. The quantitative estimate of drug-likeness (QED) is 0.699. The van der Waals surface area contributed by atoms with Crippen LogP contribution < -0.4 is 14.8 Å². The van der Waals surface area contributed by atoms with Crippen LogP contribution in [0, 0.1) is 0 Å². The van der Waals surface area contributed by atoms with E-state index in [0.29, 0.717) is 17.1 Å². The number of benzene rings is 1. The minimum atomic E-state index is -4.57. The zero-order valence-electron chi connectivity index (χ0n) is 18.9. The number of amides is 2. The number of hydrogen-bond acceptors (Lipinski definition) is 7. The number of hydrogen-bond donors (Lipinski definition) is 1. The molecule has 13 heteroatoms. The van der Waals surface area contributed by atoms with Crippen molar-refractivity contribution in [3.05, 3.63) is 35.5 Å². The van der Waals surface area contributed by atoms with Gasteiger partial charge in [0, 0.05) is 38.7 Å². The summed E-state index contributed by atoms with van der Waals surface area (Å²) >= 11 is 0. The van der Waals surface area contributed by atoms with Gasteiger partial charge in [0.25, 0.3) is 5.91 Å². The summed E-state index contributed by atoms with van der Waals surface area (Å²) in [5.41, 5.74) is 0.525. The normalized spacial score (nSPS) is 21.4. The molecule has 10 nitrogen and oxygen atoms in total. The van der Waals surface area contributed by atoms with E-state index in [-0.39, 0.29) is 57.5 Å². The van der Waals surface area contributed by atoms with E-state index in [4.69, 9.17) is 14.2 Å². The summed E-state index contributed by atoms with van der Waals surface area (Å²) in [5.74, 6) is 0.634. The molecule has 0 bridgehead atoms. The van der Waals surface area contributed by atoms with Crippen LogP contribution in [0.25, 0.3) is 0 Å². The lowest BCUT2D eigenvalue weighted by molar-refractivity contribution is -0.173. The number of ether oxygens (including phenoxy) is 3. The fraction of sp³-hybridized carbons (Fsp3) is 0.500. The molecule has 0 radical (unpaired) electrons. The molecule has 4 heterocycles. The van der Waals surface area contributed by atoms with Crippen molar-refractivity contribution >= 4 is 17.8 Å². The van der Waals surface area contributed by atoms with Crippen LogP contribution >= 0.6 is 0 Å². The van der Waals surface area contributed by atoms with Gasteiger partial charge in [-0.1, -0.05) is 6.07 Å². The summed E-state index contributed by atoms with van der Waals surface area (Å²) in [6, 6.07) is 3.79. The largest absolute Gasteiger partial charge is 0.454 e. The summed E-state index contributed by atoms with van der Waals surface area (Å²) < 4.78 is 58.4. The predicted octanol–water partition coefficient (Wildman–Crippen LogP) is 3.19. The number of halogens is 3. The van der Waals surface area contributed by atoms with E-state index >= 15 is 0 Å². The van der Waals surface area contributed by atoms with E-state index in [2.05, 4.69) is 10.4 Å². The van der Waals surface area contributed by atoms with Gasteiger partial charge in [0.05, 0.1) is 12.6 Å². The zero-order valence-corrected chi connectivity index (χ0v) is 18.9. The Kier molecular flexibility index (Phi) is 5.85. The van der Waals surface area contributed by atoms with Crippen molar-refractivity contribution in [2.24, 2.45) is 0 Å². The lowest BCUT2D eigenvalue weighted by Crippen LogP contribution is -2.50.